The number of alkyl halides is 3. The Labute approximate surface area is 377 Å². The number of thiophene rings is 2. The maximum Gasteiger partial charge on any atom is 2.00 e. The van der Waals surface area contributed by atoms with Crippen molar-refractivity contribution in [2.45, 2.75) is 45.2 Å². The Balaban J connectivity index is 0.000000219. The van der Waals surface area contributed by atoms with Crippen LogP contribution < -0.4 is 5.10 Å². The summed E-state index contributed by atoms with van der Waals surface area (Å²) in [6.07, 6.45) is 1.84. The van der Waals surface area contributed by atoms with Crippen LogP contribution in [-0.4, -0.2) is 63.4 Å². The van der Waals surface area contributed by atoms with Gasteiger partial charge in [-0.1, -0.05) is 31.8 Å². The number of nitrogens with zero attached hydrogens (tertiary/aromatic N) is 7. The molecule has 3 N–H and O–H groups in total. The predicted molar refractivity (Wildman–Crippen MR) is 226 cm³/mol. The number of fused-ring (bicyclic) bond motifs is 3. The fourth-order valence-electron chi connectivity index (χ4n) is 6.83. The maximum absolute atomic E-state index is 12.8. The van der Waals surface area contributed by atoms with Crippen LogP contribution in [0.1, 0.15) is 79.5 Å². The van der Waals surface area contributed by atoms with E-state index in [1.54, 1.807) is 23.6 Å². The molecule has 0 saturated carbocycles. The van der Waals surface area contributed by atoms with Gasteiger partial charge < -0.3 is 30.9 Å². The summed E-state index contributed by atoms with van der Waals surface area (Å²) < 4.78 is 38.4. The second-order valence-electron chi connectivity index (χ2n) is 13.3. The fraction of sp³-hybridized carbons (Fsp3) is 0.167. The summed E-state index contributed by atoms with van der Waals surface area (Å²) in [7, 11) is 0. The van der Waals surface area contributed by atoms with Crippen molar-refractivity contribution in [3.05, 3.63) is 129 Å². The predicted octanol–water partition coefficient (Wildman–Crippen LogP) is 10.3. The molecule has 7 heterocycles. The minimum absolute atomic E-state index is 0. The molecule has 0 aromatic carbocycles. The van der Waals surface area contributed by atoms with Crippen molar-refractivity contribution < 1.29 is 62.4 Å². The van der Waals surface area contributed by atoms with Crippen molar-refractivity contribution in [3.8, 4) is 54.4 Å². The molecule has 0 atom stereocenters. The van der Waals surface area contributed by atoms with Crippen LogP contribution in [0.25, 0.3) is 59.8 Å². The molecule has 7 aromatic heterocycles. The van der Waals surface area contributed by atoms with Gasteiger partial charge in [-0.3, -0.25) is 15.0 Å². The van der Waals surface area contributed by atoms with Crippen LogP contribution >= 0.6 is 34.9 Å². The Morgan fingerprint density at radius 2 is 1.27 bits per heavy atom. The number of isothiocyanates is 1. The van der Waals surface area contributed by atoms with Crippen molar-refractivity contribution >= 4 is 58.0 Å². The molecule has 7 aromatic rings. The summed E-state index contributed by atoms with van der Waals surface area (Å²) in [6.45, 7) is 6.66. The summed E-state index contributed by atoms with van der Waals surface area (Å²) in [4.78, 5) is 55.6. The summed E-state index contributed by atoms with van der Waals surface area (Å²) in [5.41, 5.74) is 3.73. The first-order valence-corrected chi connectivity index (χ1v) is 20.0. The number of aromatic nitrogens is 6. The number of hydrogen-bond donors (Lipinski definition) is 3. The molecule has 0 unspecified atom stereocenters. The van der Waals surface area contributed by atoms with E-state index in [-0.39, 0.29) is 70.1 Å². The van der Waals surface area contributed by atoms with E-state index >= 15 is 0 Å². The van der Waals surface area contributed by atoms with Crippen LogP contribution in [0.2, 0.25) is 0 Å². The minimum atomic E-state index is -4.51. The standard InChI is InChI=1S/C23H19F3N3S2.C18H11N3O6.CNS.Ru/c1-4-22(5-2)14-8-12(3)30-20(14)21-15(22)9-18(31-21)13-6-7-16(27-11-13)17-10-19(29-28-17)23(24,25)26;22-16(23)9-1-3-19-12(5-9)14-7-11(18(26)27)8-15(21-14)13-6-10(17(24)25)2-4-20-13;2-1-3;/h6-11H,4-5H2,1-3H3;1-8H,(H,22,23)(H,24,25)(H,26,27);;/q-1;;-1;+2. The zero-order chi connectivity index (χ0) is 44.2. The molecule has 316 valence electrons. The molecular weight excluding hydrogens is 953 g/mol. The number of carbonyl (C=O) groups is 3. The average molecular weight is 983 g/mol. The second-order valence-corrected chi connectivity index (χ2v) is 15.8. The maximum atomic E-state index is 12.8. The zero-order valence-corrected chi connectivity index (χ0v) is 36.6. The SMILES string of the molecule is CCC1(CC)c2cc(C)sc2-c2sc(-c3ccc(-c4cc(C(F)(F)F)n[n-]4)nc3)cc21.O=C(O)c1ccnc(-c2cc(C(=O)O)cc(-c3cc(C(=O)O)ccn3)n2)c1.[N-]=C=S.[Ru+2]. The van der Waals surface area contributed by atoms with Gasteiger partial charge in [0.05, 0.1) is 39.5 Å². The summed E-state index contributed by atoms with van der Waals surface area (Å²) >= 11 is 7.32. The van der Waals surface area contributed by atoms with E-state index in [4.69, 9.17) is 15.6 Å². The van der Waals surface area contributed by atoms with Crippen molar-refractivity contribution in [1.82, 2.24) is 30.1 Å². The molecule has 0 amide bonds. The number of rotatable bonds is 9. The molecule has 0 fully saturated rings. The smallest absolute Gasteiger partial charge is 0.753 e. The molecule has 0 aliphatic heterocycles. The Bertz CT molecular complexity index is 2760. The van der Waals surface area contributed by atoms with Gasteiger partial charge in [0.15, 0.2) is 0 Å². The monoisotopic (exact) mass is 983 g/mol. The van der Waals surface area contributed by atoms with Crippen molar-refractivity contribution in [1.29, 1.82) is 0 Å². The third-order valence-corrected chi connectivity index (χ3v) is 12.2. The third-order valence-electron chi connectivity index (χ3n) is 9.78. The van der Waals surface area contributed by atoms with E-state index in [9.17, 15) is 32.7 Å². The second kappa shape index (κ2) is 19.3. The Morgan fingerprint density at radius 3 is 1.74 bits per heavy atom. The average Bonchev–Trinajstić information content (AvgIpc) is 4.05. The molecule has 0 saturated heterocycles. The Morgan fingerprint density at radius 1 is 0.758 bits per heavy atom. The van der Waals surface area contributed by atoms with Crippen molar-refractivity contribution in [3.63, 3.8) is 0 Å². The molecule has 1 aliphatic rings. The van der Waals surface area contributed by atoms with Crippen molar-refractivity contribution in [2.75, 3.05) is 0 Å². The Hall–Kier alpha value is -6.17. The van der Waals surface area contributed by atoms with Crippen LogP contribution in [0, 0.1) is 6.92 Å². The number of thiocarbonyl (C=S) groups is 1. The number of pyridine rings is 4. The van der Waals surface area contributed by atoms with Crippen LogP contribution in [0.3, 0.4) is 0 Å². The van der Waals surface area contributed by atoms with Gasteiger partial charge in [-0.25, -0.2) is 19.4 Å². The van der Waals surface area contributed by atoms with Crippen molar-refractivity contribution in [2.24, 2.45) is 0 Å². The summed E-state index contributed by atoms with van der Waals surface area (Å²) in [5, 5.41) is 42.9. The van der Waals surface area contributed by atoms with Crippen LogP contribution in [0.5, 0.6) is 0 Å². The van der Waals surface area contributed by atoms with Gasteiger partial charge in [-0.2, -0.15) is 18.3 Å². The van der Waals surface area contributed by atoms with Gasteiger partial charge >= 0.3 is 43.6 Å². The minimum Gasteiger partial charge on any atom is -0.753 e. The summed E-state index contributed by atoms with van der Waals surface area (Å²) in [5.74, 6) is -3.56. The third kappa shape index (κ3) is 9.64. The quantitative estimate of drug-likeness (QED) is 0.0699. The molecule has 8 rings (SSSR count). The molecule has 13 nitrogen and oxygen atoms in total. The molecule has 62 heavy (non-hydrogen) atoms. The van der Waals surface area contributed by atoms with Crippen LogP contribution in [0.4, 0.5) is 13.2 Å². The first kappa shape index (κ1) is 46.9. The molecular formula is C42H30F3N7O6RuS3. The van der Waals surface area contributed by atoms with E-state index in [1.165, 1.54) is 79.7 Å². The molecule has 0 spiro atoms. The van der Waals surface area contributed by atoms with E-state index in [0.29, 0.717) is 5.69 Å². The van der Waals surface area contributed by atoms with Crippen LogP contribution in [0.15, 0.2) is 85.3 Å². The van der Waals surface area contributed by atoms with Gasteiger partial charge in [-0.05, 0) is 97.6 Å². The molecule has 20 heteroatoms. The topological polar surface area (TPSA) is 213 Å². The van der Waals surface area contributed by atoms with E-state index in [2.05, 4.69) is 75.3 Å². The van der Waals surface area contributed by atoms with E-state index in [1.807, 2.05) is 17.4 Å². The first-order valence-electron chi connectivity index (χ1n) is 18.0. The molecule has 0 bridgehead atoms. The Kier molecular flexibility index (Phi) is 14.6. The van der Waals surface area contributed by atoms with Gasteiger partial charge in [0.25, 0.3) is 0 Å². The fourth-order valence-corrected chi connectivity index (χ4v) is 9.34. The van der Waals surface area contributed by atoms with E-state index in [0.717, 1.165) is 29.3 Å². The normalized spacial score (nSPS) is 12.0. The number of hydrogen-bond acceptors (Lipinski definition) is 11. The van der Waals surface area contributed by atoms with Gasteiger partial charge in [0.1, 0.15) is 5.69 Å². The molecule has 0 radical (unpaired) electrons. The summed E-state index contributed by atoms with van der Waals surface area (Å²) in [6, 6.07) is 16.8. The number of carboxylic acid groups (broad SMARTS) is 3. The number of halogens is 3. The number of aryl methyl sites for hydroxylation is 1. The van der Waals surface area contributed by atoms with Gasteiger partial charge in [0.2, 0.25) is 0 Å². The largest absolute Gasteiger partial charge is 2.00 e. The number of carboxylic acids is 3. The first-order chi connectivity index (χ1) is 29.0. The zero-order valence-electron chi connectivity index (χ0n) is 32.4. The van der Waals surface area contributed by atoms with E-state index < -0.39 is 29.8 Å². The van der Waals surface area contributed by atoms with Gasteiger partial charge in [0, 0.05) is 54.8 Å². The molecule has 1 aliphatic carbocycles. The number of aromatic carboxylic acids is 3. The van der Waals surface area contributed by atoms with Gasteiger partial charge in [-0.15, -0.1) is 22.7 Å². The van der Waals surface area contributed by atoms with Crippen LogP contribution in [-0.2, 0) is 31.1 Å².